The van der Waals surface area contributed by atoms with E-state index in [0.29, 0.717) is 46.2 Å². The van der Waals surface area contributed by atoms with Crippen molar-refractivity contribution < 1.29 is 14.2 Å². The lowest BCUT2D eigenvalue weighted by Gasteiger charge is -2.21. The van der Waals surface area contributed by atoms with Crippen molar-refractivity contribution in [3.05, 3.63) is 36.4 Å². The van der Waals surface area contributed by atoms with Crippen LogP contribution in [0.5, 0.6) is 0 Å². The van der Waals surface area contributed by atoms with E-state index in [-0.39, 0.29) is 0 Å². The van der Waals surface area contributed by atoms with Crippen molar-refractivity contribution in [2.24, 2.45) is 12.8 Å². The zero-order chi connectivity index (χ0) is 18.5. The number of aryl methyl sites for hydroxylation is 1. The minimum absolute atomic E-state index is 0.538. The van der Waals surface area contributed by atoms with E-state index in [1.54, 1.807) is 6.20 Å². The molecule has 0 atom stereocenters. The van der Waals surface area contributed by atoms with Gasteiger partial charge in [0.2, 0.25) is 0 Å². The molecule has 2 rings (SSSR count). The fourth-order valence-electron chi connectivity index (χ4n) is 2.38. The summed E-state index contributed by atoms with van der Waals surface area (Å²) >= 11 is 0. The van der Waals surface area contributed by atoms with Crippen LogP contribution in [0.2, 0.25) is 0 Å². The Bertz CT molecular complexity index is 575. The first-order chi connectivity index (χ1) is 12.8. The second-order valence-electron chi connectivity index (χ2n) is 5.83. The molecule has 26 heavy (non-hydrogen) atoms. The molecule has 2 heterocycles. The molecule has 2 aromatic rings. The Morgan fingerprint density at radius 3 is 2.35 bits per heavy atom. The van der Waals surface area contributed by atoms with Gasteiger partial charge in [-0.15, -0.1) is 0 Å². The van der Waals surface area contributed by atoms with Crippen LogP contribution in [0.15, 0.2) is 24.8 Å². The maximum atomic E-state index is 5.68. The third kappa shape index (κ3) is 8.07. The van der Waals surface area contributed by atoms with Crippen LogP contribution >= 0.6 is 0 Å². The number of aromatic amines is 1. The first-order valence-corrected chi connectivity index (χ1v) is 8.89. The number of hydrogen-bond donors (Lipinski definition) is 2. The van der Waals surface area contributed by atoms with Crippen LogP contribution in [0.3, 0.4) is 0 Å². The number of nitrogens with one attached hydrogen (secondary N) is 1. The van der Waals surface area contributed by atoms with Crippen LogP contribution in [-0.2, 0) is 34.3 Å². The van der Waals surface area contributed by atoms with E-state index in [1.807, 2.05) is 30.2 Å². The van der Waals surface area contributed by atoms with Gasteiger partial charge in [0.05, 0.1) is 52.7 Å². The number of nitrogens with two attached hydrogens (primary N) is 1. The van der Waals surface area contributed by atoms with E-state index >= 15 is 0 Å². The number of hydrogen-bond acceptors (Lipinski definition) is 7. The van der Waals surface area contributed by atoms with Crippen LogP contribution in [-0.4, -0.2) is 77.1 Å². The molecule has 0 aromatic carbocycles. The Morgan fingerprint density at radius 2 is 1.73 bits per heavy atom. The quantitative estimate of drug-likeness (QED) is 0.433. The van der Waals surface area contributed by atoms with Crippen molar-refractivity contribution >= 4 is 0 Å². The number of H-pyrrole nitrogens is 1. The first kappa shape index (κ1) is 20.5. The van der Waals surface area contributed by atoms with E-state index in [9.17, 15) is 0 Å². The lowest BCUT2D eigenvalue weighted by Crippen LogP contribution is -2.29. The number of aromatic nitrogens is 4. The summed E-state index contributed by atoms with van der Waals surface area (Å²) in [7, 11) is 2.00. The Morgan fingerprint density at radius 1 is 1.00 bits per heavy atom. The minimum Gasteiger partial charge on any atom is -0.378 e. The molecule has 0 radical (unpaired) electrons. The van der Waals surface area contributed by atoms with E-state index in [2.05, 4.69) is 19.9 Å². The SMILES string of the molecule is Cn1ccnc1CN(CCOCCOCCOCCN)Cc1ncc[nH]1. The van der Waals surface area contributed by atoms with Crippen molar-refractivity contribution in [2.45, 2.75) is 13.1 Å². The lowest BCUT2D eigenvalue weighted by atomic mass is 10.4. The number of ether oxygens (including phenoxy) is 3. The van der Waals surface area contributed by atoms with Crippen LogP contribution < -0.4 is 5.73 Å². The molecule has 2 aromatic heterocycles. The highest BCUT2D eigenvalue weighted by Gasteiger charge is 2.11. The summed E-state index contributed by atoms with van der Waals surface area (Å²) in [5.41, 5.74) is 5.34. The largest absolute Gasteiger partial charge is 0.378 e. The summed E-state index contributed by atoms with van der Waals surface area (Å²) in [5, 5.41) is 0. The van der Waals surface area contributed by atoms with E-state index in [1.165, 1.54) is 0 Å². The van der Waals surface area contributed by atoms with Gasteiger partial charge in [0.15, 0.2) is 0 Å². The first-order valence-electron chi connectivity index (χ1n) is 8.89. The third-order valence-corrected chi connectivity index (χ3v) is 3.77. The number of nitrogens with zero attached hydrogens (tertiary/aromatic N) is 4. The van der Waals surface area contributed by atoms with Crippen LogP contribution in [0, 0.1) is 0 Å². The van der Waals surface area contributed by atoms with Crippen LogP contribution in [0.1, 0.15) is 11.6 Å². The van der Waals surface area contributed by atoms with Gasteiger partial charge in [0, 0.05) is 44.9 Å². The van der Waals surface area contributed by atoms with Gasteiger partial charge < -0.3 is 29.5 Å². The fraction of sp³-hybridized carbons (Fsp3) is 0.647. The fourth-order valence-corrected chi connectivity index (χ4v) is 2.38. The maximum Gasteiger partial charge on any atom is 0.122 e. The molecule has 0 saturated carbocycles. The molecule has 9 heteroatoms. The molecular weight excluding hydrogens is 336 g/mol. The zero-order valence-electron chi connectivity index (χ0n) is 15.5. The predicted octanol–water partition coefficient (Wildman–Crippen LogP) is 0.154. The van der Waals surface area contributed by atoms with Crippen LogP contribution in [0.4, 0.5) is 0 Å². The van der Waals surface area contributed by atoms with Gasteiger partial charge in [0.1, 0.15) is 11.6 Å². The molecule has 146 valence electrons. The molecule has 0 spiro atoms. The highest BCUT2D eigenvalue weighted by atomic mass is 16.5. The highest BCUT2D eigenvalue weighted by Crippen LogP contribution is 2.05. The molecule has 0 bridgehead atoms. The normalized spacial score (nSPS) is 11.5. The molecule has 0 aliphatic carbocycles. The molecule has 9 nitrogen and oxygen atoms in total. The molecule has 0 aliphatic rings. The number of rotatable bonds is 15. The van der Waals surface area contributed by atoms with Gasteiger partial charge in [-0.2, -0.15) is 0 Å². The average molecular weight is 366 g/mol. The molecule has 0 saturated heterocycles. The molecule has 0 fully saturated rings. The summed E-state index contributed by atoms with van der Waals surface area (Å²) in [6.45, 7) is 6.23. The Kier molecular flexibility index (Phi) is 9.91. The van der Waals surface area contributed by atoms with Crippen molar-refractivity contribution in [1.82, 2.24) is 24.4 Å². The van der Waals surface area contributed by atoms with Crippen LogP contribution in [0.25, 0.3) is 0 Å². The van der Waals surface area contributed by atoms with Gasteiger partial charge >= 0.3 is 0 Å². The number of imidazole rings is 2. The van der Waals surface area contributed by atoms with Gasteiger partial charge in [-0.3, -0.25) is 4.90 Å². The highest BCUT2D eigenvalue weighted by molar-refractivity contribution is 4.93. The summed E-state index contributed by atoms with van der Waals surface area (Å²) in [6.07, 6.45) is 7.36. The molecule has 3 N–H and O–H groups in total. The van der Waals surface area contributed by atoms with Gasteiger partial charge in [-0.25, -0.2) is 9.97 Å². The molecule has 0 aliphatic heterocycles. The maximum absolute atomic E-state index is 5.68. The second-order valence-corrected chi connectivity index (χ2v) is 5.83. The van der Waals surface area contributed by atoms with E-state index in [4.69, 9.17) is 19.9 Å². The Hall–Kier alpha value is -1.78. The average Bonchev–Trinajstić information content (AvgIpc) is 3.29. The van der Waals surface area contributed by atoms with Crippen molar-refractivity contribution in [1.29, 1.82) is 0 Å². The zero-order valence-corrected chi connectivity index (χ0v) is 15.5. The summed E-state index contributed by atoms with van der Waals surface area (Å²) in [4.78, 5) is 14.1. The molecule has 0 amide bonds. The van der Waals surface area contributed by atoms with Crippen molar-refractivity contribution in [2.75, 3.05) is 52.7 Å². The van der Waals surface area contributed by atoms with Crippen molar-refractivity contribution in [3.63, 3.8) is 0 Å². The van der Waals surface area contributed by atoms with Crippen molar-refractivity contribution in [3.8, 4) is 0 Å². The molecule has 0 unspecified atom stereocenters. The summed E-state index contributed by atoms with van der Waals surface area (Å²) in [6, 6.07) is 0. The Labute approximate surface area is 154 Å². The van der Waals surface area contributed by atoms with Gasteiger partial charge in [-0.1, -0.05) is 0 Å². The monoisotopic (exact) mass is 366 g/mol. The lowest BCUT2D eigenvalue weighted by molar-refractivity contribution is 0.0107. The topological polar surface area (TPSA) is 103 Å². The second kappa shape index (κ2) is 12.6. The smallest absolute Gasteiger partial charge is 0.122 e. The summed E-state index contributed by atoms with van der Waals surface area (Å²) in [5.74, 6) is 1.94. The van der Waals surface area contributed by atoms with Gasteiger partial charge in [0.25, 0.3) is 0 Å². The predicted molar refractivity (Wildman–Crippen MR) is 97.4 cm³/mol. The van der Waals surface area contributed by atoms with Gasteiger partial charge in [-0.05, 0) is 0 Å². The van der Waals surface area contributed by atoms with E-state index in [0.717, 1.165) is 31.3 Å². The van der Waals surface area contributed by atoms with E-state index < -0.39 is 0 Å². The third-order valence-electron chi connectivity index (χ3n) is 3.77. The Balaban J connectivity index is 1.62. The molecular formula is C17H30N6O3. The minimum atomic E-state index is 0.538. The summed E-state index contributed by atoms with van der Waals surface area (Å²) < 4.78 is 18.4. The standard InChI is InChI=1S/C17H30N6O3/c1-22-6-5-21-17(22)15-23(14-16-19-3-4-20-16)7-9-25-11-13-26-12-10-24-8-2-18/h3-6H,2,7-15,18H2,1H3,(H,19,20).